The van der Waals surface area contributed by atoms with Crippen LogP contribution in [0.15, 0.2) is 34.9 Å². The van der Waals surface area contributed by atoms with Crippen LogP contribution in [0.4, 0.5) is 0 Å². The van der Waals surface area contributed by atoms with Crippen molar-refractivity contribution < 1.29 is 9.52 Å². The number of rotatable bonds is 4. The van der Waals surface area contributed by atoms with Crippen molar-refractivity contribution in [1.29, 1.82) is 0 Å². The van der Waals surface area contributed by atoms with E-state index in [0.29, 0.717) is 6.54 Å². The lowest BCUT2D eigenvalue weighted by atomic mass is 10.1. The van der Waals surface area contributed by atoms with Gasteiger partial charge in [0.25, 0.3) is 0 Å². The fourth-order valence-electron chi connectivity index (χ4n) is 1.62. The van der Waals surface area contributed by atoms with Crippen molar-refractivity contribution in [2.45, 2.75) is 26.6 Å². The van der Waals surface area contributed by atoms with Gasteiger partial charge in [-0.05, 0) is 12.0 Å². The fourth-order valence-corrected chi connectivity index (χ4v) is 1.62. The van der Waals surface area contributed by atoms with Gasteiger partial charge in [0.1, 0.15) is 11.8 Å². The Hall–Kier alpha value is -1.32. The predicted molar refractivity (Wildman–Crippen MR) is 63.9 cm³/mol. The summed E-state index contributed by atoms with van der Waals surface area (Å²) in [5.41, 5.74) is 1.97. The van der Waals surface area contributed by atoms with Gasteiger partial charge in [-0.15, -0.1) is 0 Å². The maximum Gasteiger partial charge on any atom is 0.134 e. The average molecular weight is 219 g/mol. The molecule has 86 valence electrons. The number of aliphatic hydroxyl groups is 1. The first-order valence-corrected chi connectivity index (χ1v) is 5.55. The maximum atomic E-state index is 9.66. The van der Waals surface area contributed by atoms with Crippen molar-refractivity contribution in [2.75, 3.05) is 0 Å². The minimum absolute atomic E-state index is 0.207. The van der Waals surface area contributed by atoms with Gasteiger partial charge in [0.05, 0.1) is 6.26 Å². The van der Waals surface area contributed by atoms with E-state index >= 15 is 0 Å². The molecule has 2 N–H and O–H groups in total. The van der Waals surface area contributed by atoms with Crippen LogP contribution < -0.4 is 5.32 Å². The number of aliphatic hydroxyl groups excluding tert-OH is 1. The van der Waals surface area contributed by atoms with E-state index in [4.69, 9.17) is 4.42 Å². The third-order valence-corrected chi connectivity index (χ3v) is 2.69. The third-order valence-electron chi connectivity index (χ3n) is 2.69. The molecule has 0 aliphatic heterocycles. The lowest BCUT2D eigenvalue weighted by molar-refractivity contribution is 0.0889. The molecule has 2 aromatic rings. The lowest BCUT2D eigenvalue weighted by Crippen LogP contribution is -2.32. The van der Waals surface area contributed by atoms with Crippen LogP contribution in [0.25, 0.3) is 11.0 Å². The zero-order valence-electron chi connectivity index (χ0n) is 9.60. The minimum Gasteiger partial charge on any atom is -0.464 e. The third kappa shape index (κ3) is 2.26. The van der Waals surface area contributed by atoms with Crippen molar-refractivity contribution in [3.8, 4) is 0 Å². The highest BCUT2D eigenvalue weighted by molar-refractivity contribution is 5.80. The number of fused-ring (bicyclic) bond motifs is 1. The molecule has 0 saturated heterocycles. The van der Waals surface area contributed by atoms with Gasteiger partial charge >= 0.3 is 0 Å². The standard InChI is InChI=1S/C13H17NO2/c1-9(2)13(15)14-7-10-8-16-12-6-4-3-5-11(10)12/h3-6,8-9,13-15H,7H2,1-2H3. The summed E-state index contributed by atoms with van der Waals surface area (Å²) in [5, 5.41) is 13.8. The molecule has 0 aliphatic rings. The van der Waals surface area contributed by atoms with Gasteiger partial charge in [-0.1, -0.05) is 32.0 Å². The SMILES string of the molecule is CC(C)C(O)NCc1coc2ccccc12. The Morgan fingerprint density at radius 2 is 2.06 bits per heavy atom. The summed E-state index contributed by atoms with van der Waals surface area (Å²) in [7, 11) is 0. The summed E-state index contributed by atoms with van der Waals surface area (Å²) in [6.45, 7) is 4.58. The minimum atomic E-state index is -0.478. The molecule has 1 aromatic heterocycles. The first-order chi connectivity index (χ1) is 7.68. The highest BCUT2D eigenvalue weighted by Crippen LogP contribution is 2.20. The Bertz CT molecular complexity index is 462. The predicted octanol–water partition coefficient (Wildman–Crippen LogP) is 2.50. The molecule has 0 saturated carbocycles. The normalized spacial score (nSPS) is 13.5. The molecule has 2 rings (SSSR count). The van der Waals surface area contributed by atoms with Crippen LogP contribution in [0.1, 0.15) is 19.4 Å². The van der Waals surface area contributed by atoms with E-state index in [2.05, 4.69) is 5.32 Å². The quantitative estimate of drug-likeness (QED) is 0.776. The monoisotopic (exact) mass is 219 g/mol. The molecule has 1 heterocycles. The number of hydrogen-bond acceptors (Lipinski definition) is 3. The van der Waals surface area contributed by atoms with Gasteiger partial charge in [0.15, 0.2) is 0 Å². The Morgan fingerprint density at radius 1 is 1.31 bits per heavy atom. The summed E-state index contributed by atoms with van der Waals surface area (Å²) >= 11 is 0. The molecule has 1 atom stereocenters. The Kier molecular flexibility index (Phi) is 3.27. The first kappa shape index (κ1) is 11.2. The highest BCUT2D eigenvalue weighted by atomic mass is 16.3. The lowest BCUT2D eigenvalue weighted by Gasteiger charge is -2.15. The summed E-state index contributed by atoms with van der Waals surface area (Å²) < 4.78 is 5.42. The maximum absolute atomic E-state index is 9.66. The number of nitrogens with one attached hydrogen (secondary N) is 1. The second-order valence-corrected chi connectivity index (χ2v) is 4.33. The summed E-state index contributed by atoms with van der Waals surface area (Å²) in [6.07, 6.45) is 1.26. The van der Waals surface area contributed by atoms with Gasteiger partial charge in [0, 0.05) is 17.5 Å². The van der Waals surface area contributed by atoms with Gasteiger partial charge in [-0.25, -0.2) is 0 Å². The van der Waals surface area contributed by atoms with Crippen LogP contribution in [-0.4, -0.2) is 11.3 Å². The molecular formula is C13H17NO2. The van der Waals surface area contributed by atoms with E-state index in [1.165, 1.54) is 0 Å². The summed E-state index contributed by atoms with van der Waals surface area (Å²) in [5.74, 6) is 0.207. The summed E-state index contributed by atoms with van der Waals surface area (Å²) in [4.78, 5) is 0. The van der Waals surface area contributed by atoms with E-state index in [9.17, 15) is 5.11 Å². The van der Waals surface area contributed by atoms with Crippen LogP contribution >= 0.6 is 0 Å². The van der Waals surface area contributed by atoms with Crippen molar-refractivity contribution >= 4 is 11.0 Å². The largest absolute Gasteiger partial charge is 0.464 e. The number of hydrogen-bond donors (Lipinski definition) is 2. The van der Waals surface area contributed by atoms with Gasteiger partial charge in [-0.2, -0.15) is 0 Å². The van der Waals surface area contributed by atoms with E-state index in [1.807, 2.05) is 38.1 Å². The van der Waals surface area contributed by atoms with Crippen molar-refractivity contribution in [2.24, 2.45) is 5.92 Å². The molecule has 0 aliphatic carbocycles. The molecule has 0 spiro atoms. The molecule has 0 fully saturated rings. The molecule has 0 radical (unpaired) electrons. The van der Waals surface area contributed by atoms with Crippen LogP contribution in [0.3, 0.4) is 0 Å². The van der Waals surface area contributed by atoms with E-state index in [1.54, 1.807) is 6.26 Å². The van der Waals surface area contributed by atoms with Crippen LogP contribution in [0, 0.1) is 5.92 Å². The smallest absolute Gasteiger partial charge is 0.134 e. The fraction of sp³-hybridized carbons (Fsp3) is 0.385. The van der Waals surface area contributed by atoms with Gasteiger partial charge in [0.2, 0.25) is 0 Å². The van der Waals surface area contributed by atoms with Crippen LogP contribution in [-0.2, 0) is 6.54 Å². The molecule has 0 bridgehead atoms. The molecule has 1 unspecified atom stereocenters. The highest BCUT2D eigenvalue weighted by Gasteiger charge is 2.10. The Balaban J connectivity index is 2.10. The number of benzene rings is 1. The number of para-hydroxylation sites is 1. The first-order valence-electron chi connectivity index (χ1n) is 5.55. The van der Waals surface area contributed by atoms with Gasteiger partial charge in [-0.3, -0.25) is 5.32 Å². The Morgan fingerprint density at radius 3 is 2.81 bits per heavy atom. The van der Waals surface area contributed by atoms with E-state index in [0.717, 1.165) is 16.5 Å². The van der Waals surface area contributed by atoms with E-state index in [-0.39, 0.29) is 5.92 Å². The average Bonchev–Trinajstić information content (AvgIpc) is 2.69. The van der Waals surface area contributed by atoms with Crippen molar-refractivity contribution in [3.05, 3.63) is 36.1 Å². The molecule has 3 heteroatoms. The van der Waals surface area contributed by atoms with Crippen LogP contribution in [0.2, 0.25) is 0 Å². The molecule has 0 amide bonds. The van der Waals surface area contributed by atoms with Crippen molar-refractivity contribution in [3.63, 3.8) is 0 Å². The second-order valence-electron chi connectivity index (χ2n) is 4.33. The van der Waals surface area contributed by atoms with Crippen LogP contribution in [0.5, 0.6) is 0 Å². The Labute approximate surface area is 95.1 Å². The zero-order chi connectivity index (χ0) is 11.5. The molecule has 1 aromatic carbocycles. The zero-order valence-corrected chi connectivity index (χ0v) is 9.60. The molecule has 3 nitrogen and oxygen atoms in total. The molecular weight excluding hydrogens is 202 g/mol. The molecule has 16 heavy (non-hydrogen) atoms. The topological polar surface area (TPSA) is 45.4 Å². The van der Waals surface area contributed by atoms with Crippen molar-refractivity contribution in [1.82, 2.24) is 5.32 Å². The van der Waals surface area contributed by atoms with Gasteiger partial charge < -0.3 is 9.52 Å². The number of furan rings is 1. The van der Waals surface area contributed by atoms with E-state index < -0.39 is 6.23 Å². The summed E-state index contributed by atoms with van der Waals surface area (Å²) in [6, 6.07) is 7.90. The second kappa shape index (κ2) is 4.68.